The predicted molar refractivity (Wildman–Crippen MR) is 85.8 cm³/mol. The van der Waals surface area contributed by atoms with E-state index in [1.54, 1.807) is 0 Å². The maximum atomic E-state index is 12.6. The standard InChI is InChI=1S/C14H11ClF3N3O3S/c1-8(22)20-10-2-4-11(5-3-10)25(23,24)21-13-12(15)6-9(7-19-13)14(16,17)18/h2-7H,1H3,(H,19,21)(H,20,22). The van der Waals surface area contributed by atoms with E-state index in [4.69, 9.17) is 11.6 Å². The van der Waals surface area contributed by atoms with E-state index in [1.165, 1.54) is 31.2 Å². The lowest BCUT2D eigenvalue weighted by atomic mass is 10.3. The number of nitrogens with one attached hydrogen (secondary N) is 2. The normalized spacial score (nSPS) is 11.9. The Bertz CT molecular complexity index is 900. The summed E-state index contributed by atoms with van der Waals surface area (Å²) < 4.78 is 64.2. The monoisotopic (exact) mass is 393 g/mol. The number of alkyl halides is 3. The van der Waals surface area contributed by atoms with E-state index in [9.17, 15) is 26.4 Å². The first-order valence-corrected chi connectivity index (χ1v) is 8.48. The molecule has 0 aliphatic rings. The minimum absolute atomic E-state index is 0.181. The van der Waals surface area contributed by atoms with E-state index in [1.807, 2.05) is 4.72 Å². The Labute approximate surface area is 146 Å². The van der Waals surface area contributed by atoms with Crippen molar-refractivity contribution < 1.29 is 26.4 Å². The first-order valence-electron chi connectivity index (χ1n) is 6.62. The average Bonchev–Trinajstić information content (AvgIpc) is 2.48. The number of hydrogen-bond donors (Lipinski definition) is 2. The summed E-state index contributed by atoms with van der Waals surface area (Å²) in [4.78, 5) is 14.2. The third-order valence-electron chi connectivity index (χ3n) is 2.88. The molecule has 2 aromatic rings. The second kappa shape index (κ2) is 6.89. The van der Waals surface area contributed by atoms with Crippen LogP contribution in [0.25, 0.3) is 0 Å². The van der Waals surface area contributed by atoms with Crippen molar-refractivity contribution >= 4 is 39.0 Å². The van der Waals surface area contributed by atoms with Crippen LogP contribution in [0.1, 0.15) is 12.5 Å². The molecule has 0 aliphatic carbocycles. The number of carbonyl (C=O) groups is 1. The second-order valence-corrected chi connectivity index (χ2v) is 6.95. The highest BCUT2D eigenvalue weighted by molar-refractivity contribution is 7.92. The molecule has 1 amide bonds. The lowest BCUT2D eigenvalue weighted by molar-refractivity contribution is -0.137. The molecule has 0 saturated heterocycles. The van der Waals surface area contributed by atoms with Gasteiger partial charge in [-0.1, -0.05) is 11.6 Å². The van der Waals surface area contributed by atoms with Crippen molar-refractivity contribution in [3.8, 4) is 0 Å². The molecule has 0 fully saturated rings. The van der Waals surface area contributed by atoms with E-state index in [0.717, 1.165) is 0 Å². The van der Waals surface area contributed by atoms with Crippen molar-refractivity contribution in [3.63, 3.8) is 0 Å². The van der Waals surface area contributed by atoms with E-state index in [2.05, 4.69) is 10.3 Å². The van der Waals surface area contributed by atoms with Crippen LogP contribution in [0.4, 0.5) is 24.7 Å². The lowest BCUT2D eigenvalue weighted by Crippen LogP contribution is -2.15. The molecule has 0 bridgehead atoms. The molecule has 0 saturated carbocycles. The number of hydrogen-bond acceptors (Lipinski definition) is 4. The maximum Gasteiger partial charge on any atom is 0.417 e. The maximum absolute atomic E-state index is 12.6. The van der Waals surface area contributed by atoms with Crippen LogP contribution in [-0.4, -0.2) is 19.3 Å². The number of anilines is 2. The number of halogens is 4. The fraction of sp³-hybridized carbons (Fsp3) is 0.143. The van der Waals surface area contributed by atoms with Gasteiger partial charge >= 0.3 is 6.18 Å². The molecule has 0 radical (unpaired) electrons. The quantitative estimate of drug-likeness (QED) is 0.832. The molecule has 134 valence electrons. The zero-order chi connectivity index (χ0) is 18.8. The molecule has 1 aromatic carbocycles. The molecule has 2 N–H and O–H groups in total. The van der Waals surface area contributed by atoms with Crippen LogP contribution in [0.3, 0.4) is 0 Å². The summed E-state index contributed by atoms with van der Waals surface area (Å²) in [6.45, 7) is 1.30. The molecule has 0 spiro atoms. The highest BCUT2D eigenvalue weighted by Gasteiger charge is 2.32. The number of rotatable bonds is 4. The third kappa shape index (κ3) is 4.83. The first kappa shape index (κ1) is 19.0. The van der Waals surface area contributed by atoms with Crippen LogP contribution in [0.2, 0.25) is 5.02 Å². The van der Waals surface area contributed by atoms with E-state index in [-0.39, 0.29) is 10.8 Å². The van der Waals surface area contributed by atoms with Gasteiger partial charge in [-0.25, -0.2) is 13.4 Å². The SMILES string of the molecule is CC(=O)Nc1ccc(S(=O)(=O)Nc2ncc(C(F)(F)F)cc2Cl)cc1. The van der Waals surface area contributed by atoms with Gasteiger partial charge in [-0.05, 0) is 30.3 Å². The van der Waals surface area contributed by atoms with Crippen molar-refractivity contribution in [1.82, 2.24) is 4.98 Å². The summed E-state index contributed by atoms with van der Waals surface area (Å²) in [5.74, 6) is -0.755. The molecular formula is C14H11ClF3N3O3S. The van der Waals surface area contributed by atoms with Crippen molar-refractivity contribution in [1.29, 1.82) is 0 Å². The molecule has 0 atom stereocenters. The molecule has 11 heteroatoms. The average molecular weight is 394 g/mol. The zero-order valence-electron chi connectivity index (χ0n) is 12.6. The van der Waals surface area contributed by atoms with Gasteiger partial charge in [0, 0.05) is 18.8 Å². The van der Waals surface area contributed by atoms with Crippen molar-refractivity contribution in [2.45, 2.75) is 18.0 Å². The fourth-order valence-corrected chi connectivity index (χ4v) is 3.07. The van der Waals surface area contributed by atoms with Crippen LogP contribution in [0.15, 0.2) is 41.4 Å². The highest BCUT2D eigenvalue weighted by atomic mass is 35.5. The van der Waals surface area contributed by atoms with Gasteiger partial charge in [0.1, 0.15) is 0 Å². The molecule has 25 heavy (non-hydrogen) atoms. The number of sulfonamides is 1. The molecule has 1 heterocycles. The summed E-state index contributed by atoms with van der Waals surface area (Å²) in [6, 6.07) is 5.72. The van der Waals surface area contributed by atoms with Crippen LogP contribution < -0.4 is 10.0 Å². The van der Waals surface area contributed by atoms with Crippen molar-refractivity contribution in [2.75, 3.05) is 10.0 Å². The number of benzene rings is 1. The largest absolute Gasteiger partial charge is 0.417 e. The zero-order valence-corrected chi connectivity index (χ0v) is 14.1. The smallest absolute Gasteiger partial charge is 0.326 e. The Morgan fingerprint density at radius 2 is 1.80 bits per heavy atom. The molecule has 1 aromatic heterocycles. The molecular weight excluding hydrogens is 383 g/mol. The van der Waals surface area contributed by atoms with Crippen LogP contribution in [-0.2, 0) is 21.0 Å². The Kier molecular flexibility index (Phi) is 5.23. The predicted octanol–water partition coefficient (Wildman–Crippen LogP) is 3.51. The van der Waals surface area contributed by atoms with Gasteiger partial charge in [0.05, 0.1) is 15.5 Å². The van der Waals surface area contributed by atoms with Gasteiger partial charge in [-0.2, -0.15) is 13.2 Å². The van der Waals surface area contributed by atoms with Gasteiger partial charge in [-0.3, -0.25) is 9.52 Å². The number of nitrogens with zero attached hydrogens (tertiary/aromatic N) is 1. The van der Waals surface area contributed by atoms with Gasteiger partial charge in [-0.15, -0.1) is 0 Å². The topological polar surface area (TPSA) is 88.2 Å². The molecule has 0 unspecified atom stereocenters. The van der Waals surface area contributed by atoms with E-state index >= 15 is 0 Å². The van der Waals surface area contributed by atoms with Crippen LogP contribution >= 0.6 is 11.6 Å². The Hall–Kier alpha value is -2.33. The van der Waals surface area contributed by atoms with Gasteiger partial charge in [0.15, 0.2) is 5.82 Å². The van der Waals surface area contributed by atoms with Gasteiger partial charge in [0.2, 0.25) is 5.91 Å². The first-order chi connectivity index (χ1) is 11.5. The Morgan fingerprint density at radius 3 is 2.28 bits per heavy atom. The lowest BCUT2D eigenvalue weighted by Gasteiger charge is -2.11. The number of carbonyl (C=O) groups excluding carboxylic acids is 1. The van der Waals surface area contributed by atoms with Crippen LogP contribution in [0, 0.1) is 0 Å². The Morgan fingerprint density at radius 1 is 1.20 bits per heavy atom. The van der Waals surface area contributed by atoms with Gasteiger partial charge in [0.25, 0.3) is 10.0 Å². The number of pyridine rings is 1. The molecule has 2 rings (SSSR count). The Balaban J connectivity index is 2.25. The summed E-state index contributed by atoms with van der Waals surface area (Å²) in [5.41, 5.74) is -0.711. The van der Waals surface area contributed by atoms with Gasteiger partial charge < -0.3 is 5.32 Å². The third-order valence-corrected chi connectivity index (χ3v) is 4.53. The number of aromatic nitrogens is 1. The van der Waals surface area contributed by atoms with Crippen molar-refractivity contribution in [2.24, 2.45) is 0 Å². The summed E-state index contributed by atoms with van der Waals surface area (Å²) in [5, 5.41) is 1.98. The fourth-order valence-electron chi connectivity index (χ4n) is 1.77. The van der Waals surface area contributed by atoms with Crippen molar-refractivity contribution in [3.05, 3.63) is 47.1 Å². The highest BCUT2D eigenvalue weighted by Crippen LogP contribution is 2.33. The van der Waals surface area contributed by atoms with E-state index in [0.29, 0.717) is 18.0 Å². The molecule has 0 aliphatic heterocycles. The summed E-state index contributed by atoms with van der Waals surface area (Å²) in [7, 11) is -4.12. The van der Waals surface area contributed by atoms with Crippen LogP contribution in [0.5, 0.6) is 0 Å². The summed E-state index contributed by atoms with van der Waals surface area (Å²) in [6.07, 6.45) is -4.17. The number of amides is 1. The van der Waals surface area contributed by atoms with E-state index < -0.39 is 32.6 Å². The molecule has 6 nitrogen and oxygen atoms in total. The minimum atomic E-state index is -4.65. The minimum Gasteiger partial charge on any atom is -0.326 e. The summed E-state index contributed by atoms with van der Waals surface area (Å²) >= 11 is 5.67. The second-order valence-electron chi connectivity index (χ2n) is 4.86.